The van der Waals surface area contributed by atoms with Crippen molar-refractivity contribution in [2.45, 2.75) is 38.7 Å². The minimum absolute atomic E-state index is 0.0958. The van der Waals surface area contributed by atoms with E-state index in [1.807, 2.05) is 42.5 Å². The van der Waals surface area contributed by atoms with Crippen molar-refractivity contribution in [2.75, 3.05) is 23.3 Å². The van der Waals surface area contributed by atoms with E-state index in [1.54, 1.807) is 0 Å². The van der Waals surface area contributed by atoms with Crippen LogP contribution in [0.5, 0.6) is 0 Å². The predicted molar refractivity (Wildman–Crippen MR) is 102 cm³/mol. The molecule has 2 aromatic rings. The van der Waals surface area contributed by atoms with Gasteiger partial charge < -0.3 is 15.3 Å². The topological polar surface area (TPSA) is 52.6 Å². The van der Waals surface area contributed by atoms with Gasteiger partial charge in [-0.25, -0.2) is 0 Å². The number of aliphatic hydroxyl groups is 1. The Kier molecular flexibility index (Phi) is 5.39. The lowest BCUT2D eigenvalue weighted by Crippen LogP contribution is -2.35. The first-order valence-corrected chi connectivity index (χ1v) is 8.97. The summed E-state index contributed by atoms with van der Waals surface area (Å²) >= 11 is 0. The summed E-state index contributed by atoms with van der Waals surface area (Å²) in [5.41, 5.74) is 3.78. The second-order valence-electron chi connectivity index (χ2n) is 7.00. The van der Waals surface area contributed by atoms with Gasteiger partial charge in [-0.05, 0) is 60.7 Å². The van der Waals surface area contributed by atoms with Gasteiger partial charge in [-0.1, -0.05) is 26.0 Å². The van der Waals surface area contributed by atoms with Crippen molar-refractivity contribution in [1.29, 1.82) is 0 Å². The SMILES string of the molecule is CC(C)c1cccc(NC(=O)c2ccc(N3CCC(O)CC3)cc2)c1. The first kappa shape index (κ1) is 17.5. The van der Waals surface area contributed by atoms with Crippen LogP contribution in [0.4, 0.5) is 11.4 Å². The molecule has 132 valence electrons. The molecule has 0 bridgehead atoms. The van der Waals surface area contributed by atoms with E-state index in [4.69, 9.17) is 0 Å². The Labute approximate surface area is 149 Å². The van der Waals surface area contributed by atoms with Gasteiger partial charge in [0.2, 0.25) is 0 Å². The number of nitrogens with zero attached hydrogens (tertiary/aromatic N) is 1. The minimum Gasteiger partial charge on any atom is -0.393 e. The summed E-state index contributed by atoms with van der Waals surface area (Å²) in [6.45, 7) is 5.99. The Morgan fingerprint density at radius 2 is 1.80 bits per heavy atom. The fourth-order valence-electron chi connectivity index (χ4n) is 3.13. The smallest absolute Gasteiger partial charge is 0.255 e. The molecule has 0 saturated carbocycles. The van der Waals surface area contributed by atoms with Crippen LogP contribution in [0, 0.1) is 0 Å². The second kappa shape index (κ2) is 7.70. The molecule has 0 unspecified atom stereocenters. The third-order valence-electron chi connectivity index (χ3n) is 4.77. The number of benzene rings is 2. The number of hydrogen-bond acceptors (Lipinski definition) is 3. The van der Waals surface area contributed by atoms with Crippen molar-refractivity contribution < 1.29 is 9.90 Å². The number of anilines is 2. The summed E-state index contributed by atoms with van der Waals surface area (Å²) in [4.78, 5) is 14.7. The fraction of sp³-hybridized carbons (Fsp3) is 0.381. The largest absolute Gasteiger partial charge is 0.393 e. The molecule has 1 heterocycles. The zero-order valence-corrected chi connectivity index (χ0v) is 14.9. The molecule has 4 heteroatoms. The van der Waals surface area contributed by atoms with Gasteiger partial charge >= 0.3 is 0 Å². The average Bonchev–Trinajstić information content (AvgIpc) is 2.63. The van der Waals surface area contributed by atoms with Crippen LogP contribution in [-0.2, 0) is 0 Å². The van der Waals surface area contributed by atoms with Crippen molar-refractivity contribution in [3.05, 3.63) is 59.7 Å². The van der Waals surface area contributed by atoms with E-state index >= 15 is 0 Å². The number of hydrogen-bond donors (Lipinski definition) is 2. The van der Waals surface area contributed by atoms with Crippen LogP contribution in [-0.4, -0.2) is 30.2 Å². The summed E-state index contributed by atoms with van der Waals surface area (Å²) in [6.07, 6.45) is 1.42. The second-order valence-corrected chi connectivity index (χ2v) is 7.00. The van der Waals surface area contributed by atoms with E-state index in [9.17, 15) is 9.90 Å². The molecule has 0 aliphatic carbocycles. The Bertz CT molecular complexity index is 717. The summed E-state index contributed by atoms with van der Waals surface area (Å²) in [5.74, 6) is 0.334. The van der Waals surface area contributed by atoms with E-state index in [-0.39, 0.29) is 12.0 Å². The maximum Gasteiger partial charge on any atom is 0.255 e. The molecule has 1 aliphatic heterocycles. The Hall–Kier alpha value is -2.33. The third-order valence-corrected chi connectivity index (χ3v) is 4.77. The lowest BCUT2D eigenvalue weighted by Gasteiger charge is -2.31. The Morgan fingerprint density at radius 3 is 2.44 bits per heavy atom. The molecular weight excluding hydrogens is 312 g/mol. The van der Waals surface area contributed by atoms with E-state index in [2.05, 4.69) is 30.1 Å². The summed E-state index contributed by atoms with van der Waals surface area (Å²) in [6, 6.07) is 15.7. The summed E-state index contributed by atoms with van der Waals surface area (Å²) in [7, 11) is 0. The molecular formula is C21H26N2O2. The van der Waals surface area contributed by atoms with Crippen LogP contribution in [0.25, 0.3) is 0 Å². The molecule has 0 spiro atoms. The first-order chi connectivity index (χ1) is 12.0. The van der Waals surface area contributed by atoms with Crippen molar-refractivity contribution >= 4 is 17.3 Å². The van der Waals surface area contributed by atoms with Crippen LogP contribution < -0.4 is 10.2 Å². The summed E-state index contributed by atoms with van der Waals surface area (Å²) < 4.78 is 0. The van der Waals surface area contributed by atoms with Crippen LogP contribution in [0.1, 0.15) is 48.5 Å². The molecule has 2 N–H and O–H groups in total. The maximum absolute atomic E-state index is 12.5. The lowest BCUT2D eigenvalue weighted by molar-refractivity contribution is 0.102. The minimum atomic E-state index is -0.178. The van der Waals surface area contributed by atoms with Crippen molar-refractivity contribution in [3.63, 3.8) is 0 Å². The number of nitrogens with one attached hydrogen (secondary N) is 1. The van der Waals surface area contributed by atoms with Crippen LogP contribution in [0.2, 0.25) is 0 Å². The van der Waals surface area contributed by atoms with Gasteiger partial charge in [-0.3, -0.25) is 4.79 Å². The molecule has 1 fully saturated rings. The molecule has 4 nitrogen and oxygen atoms in total. The van der Waals surface area contributed by atoms with Crippen LogP contribution in [0.3, 0.4) is 0 Å². The molecule has 3 rings (SSSR count). The van der Waals surface area contributed by atoms with Gasteiger partial charge in [0.1, 0.15) is 0 Å². The quantitative estimate of drug-likeness (QED) is 0.885. The molecule has 0 radical (unpaired) electrons. The van der Waals surface area contributed by atoms with Crippen molar-refractivity contribution in [1.82, 2.24) is 0 Å². The number of carbonyl (C=O) groups is 1. The Morgan fingerprint density at radius 1 is 1.12 bits per heavy atom. The average molecular weight is 338 g/mol. The van der Waals surface area contributed by atoms with E-state index in [1.165, 1.54) is 5.56 Å². The molecule has 0 aromatic heterocycles. The monoisotopic (exact) mass is 338 g/mol. The van der Waals surface area contributed by atoms with Gasteiger partial charge in [0.05, 0.1) is 6.10 Å². The Balaban J connectivity index is 1.65. The summed E-state index contributed by atoms with van der Waals surface area (Å²) in [5, 5.41) is 12.6. The van der Waals surface area contributed by atoms with E-state index in [0.29, 0.717) is 11.5 Å². The maximum atomic E-state index is 12.5. The van der Waals surface area contributed by atoms with Gasteiger partial charge in [0.15, 0.2) is 0 Å². The van der Waals surface area contributed by atoms with Crippen LogP contribution >= 0.6 is 0 Å². The number of aliphatic hydroxyl groups excluding tert-OH is 1. The van der Waals surface area contributed by atoms with Crippen LogP contribution in [0.15, 0.2) is 48.5 Å². The van der Waals surface area contributed by atoms with Gasteiger partial charge in [-0.2, -0.15) is 0 Å². The predicted octanol–water partition coefficient (Wildman–Crippen LogP) is 4.02. The molecule has 0 atom stereocenters. The number of carbonyl (C=O) groups excluding carboxylic acids is 1. The van der Waals surface area contributed by atoms with Gasteiger partial charge in [0.25, 0.3) is 5.91 Å². The molecule has 2 aromatic carbocycles. The highest BCUT2D eigenvalue weighted by Gasteiger charge is 2.17. The fourth-order valence-corrected chi connectivity index (χ4v) is 3.13. The normalized spacial score (nSPS) is 15.4. The number of piperidine rings is 1. The number of amides is 1. The first-order valence-electron chi connectivity index (χ1n) is 8.97. The highest BCUT2D eigenvalue weighted by molar-refractivity contribution is 6.04. The molecule has 1 amide bonds. The van der Waals surface area contributed by atoms with Crippen molar-refractivity contribution in [2.24, 2.45) is 0 Å². The standard InChI is InChI=1S/C21H26N2O2/c1-15(2)17-4-3-5-18(14-17)22-21(25)16-6-8-19(9-7-16)23-12-10-20(24)11-13-23/h3-9,14-15,20,24H,10-13H2,1-2H3,(H,22,25). The zero-order chi connectivity index (χ0) is 17.8. The van der Waals surface area contributed by atoms with Gasteiger partial charge in [-0.15, -0.1) is 0 Å². The third kappa shape index (κ3) is 4.40. The van der Waals surface area contributed by atoms with E-state index in [0.717, 1.165) is 37.3 Å². The molecule has 25 heavy (non-hydrogen) atoms. The highest BCUT2D eigenvalue weighted by Crippen LogP contribution is 2.22. The zero-order valence-electron chi connectivity index (χ0n) is 14.9. The van der Waals surface area contributed by atoms with Gasteiger partial charge in [0, 0.05) is 30.0 Å². The van der Waals surface area contributed by atoms with Crippen molar-refractivity contribution in [3.8, 4) is 0 Å². The lowest BCUT2D eigenvalue weighted by atomic mass is 10.0. The van der Waals surface area contributed by atoms with E-state index < -0.39 is 0 Å². The molecule has 1 saturated heterocycles. The highest BCUT2D eigenvalue weighted by atomic mass is 16.3. The molecule has 1 aliphatic rings. The number of rotatable bonds is 4.